The number of hydrogen-bond donors (Lipinski definition) is 0. The molecule has 716 valence electrons. The van der Waals surface area contributed by atoms with E-state index in [1.807, 2.05) is 72.8 Å². The van der Waals surface area contributed by atoms with Crippen LogP contribution in [0.2, 0.25) is 0 Å². The van der Waals surface area contributed by atoms with Crippen molar-refractivity contribution < 1.29 is 112 Å². The Labute approximate surface area is 793 Å². The molecule has 16 rings (SSSR count). The highest BCUT2D eigenvalue weighted by atomic mass is 32.3. The lowest BCUT2D eigenvalue weighted by Gasteiger charge is -2.58. The first kappa shape index (κ1) is 106. The summed E-state index contributed by atoms with van der Waals surface area (Å²) in [5.74, 6) is -4.32. The van der Waals surface area contributed by atoms with Gasteiger partial charge in [-0.3, -0.25) is 0 Å². The zero-order valence-corrected chi connectivity index (χ0v) is 81.3. The summed E-state index contributed by atoms with van der Waals surface area (Å²) in [4.78, 5) is 15.6. The van der Waals surface area contributed by atoms with Crippen molar-refractivity contribution in [2.45, 2.75) is 140 Å². The van der Waals surface area contributed by atoms with E-state index in [9.17, 15) is 83.4 Å². The van der Waals surface area contributed by atoms with Crippen molar-refractivity contribution in [3.63, 3.8) is 0 Å². The minimum Gasteiger partial charge on any atom is -0.861 e. The molecule has 0 amide bonds. The number of ether oxygens (including phenoxy) is 6. The molecule has 4 aliphatic carbocycles. The molecule has 0 saturated heterocycles. The Morgan fingerprint density at radius 3 is 0.763 bits per heavy atom. The fourth-order valence-corrected chi connectivity index (χ4v) is 27.1. The number of rotatable bonds is 29. The molecule has 0 N–H and O–H groups in total. The molecule has 4 fully saturated rings. The quantitative estimate of drug-likeness (QED) is 0.0182. The van der Waals surface area contributed by atoms with Crippen LogP contribution in [0, 0.1) is 37.0 Å². The Balaban J connectivity index is 0.000000168. The normalized spacial score (nSPS) is 16.2. The van der Waals surface area contributed by atoms with Gasteiger partial charge in [-0.25, -0.2) is 21.2 Å². The third kappa shape index (κ3) is 27.2. The van der Waals surface area contributed by atoms with Crippen LogP contribution >= 0.6 is 0 Å². The Morgan fingerprint density at radius 2 is 0.563 bits per heavy atom. The van der Waals surface area contributed by atoms with Crippen molar-refractivity contribution >= 4 is 95.5 Å². The minimum atomic E-state index is -7.36. The Bertz CT molecular complexity index is 5760. The zero-order valence-electron chi connectivity index (χ0n) is 74.7. The van der Waals surface area contributed by atoms with E-state index < -0.39 is 85.7 Å². The predicted molar refractivity (Wildman–Crippen MR) is 507 cm³/mol. The van der Waals surface area contributed by atoms with Crippen molar-refractivity contribution in [1.29, 1.82) is 0 Å². The Morgan fingerprint density at radius 1 is 0.348 bits per heavy atom. The number of sulfonamides is 4. The van der Waals surface area contributed by atoms with Crippen LogP contribution in [0.3, 0.4) is 0 Å². The van der Waals surface area contributed by atoms with Crippen LogP contribution in [0.25, 0.3) is 4.13 Å². The topological polar surface area (TPSA) is 277 Å². The number of hydrogen-bond acceptors (Lipinski definition) is 16. The second-order valence-electron chi connectivity index (χ2n) is 31.0. The minimum absolute atomic E-state index is 0.0229. The summed E-state index contributed by atoms with van der Waals surface area (Å²) < 4.78 is 242. The molecule has 0 radical (unpaired) electrons. The summed E-state index contributed by atoms with van der Waals surface area (Å²) in [5, 5.41) is 4.48. The second-order valence-corrected chi connectivity index (χ2v) is 46.1. The van der Waals surface area contributed by atoms with Crippen molar-refractivity contribution in [3.05, 3.63) is 331 Å². The molecule has 0 heterocycles. The highest BCUT2D eigenvalue weighted by Crippen LogP contribution is 2.60. The molecule has 12 aromatic rings. The van der Waals surface area contributed by atoms with E-state index in [1.165, 1.54) is 78.4 Å². The molecule has 36 heteroatoms. The summed E-state index contributed by atoms with van der Waals surface area (Å²) in [5.41, 5.74) is 1.82. The maximum absolute atomic E-state index is 13.3. The fraction of sp³-hybridized carbons (Fsp3) is 0.253. The first-order valence-corrected chi connectivity index (χ1v) is 52.5. The highest BCUT2D eigenvalue weighted by Gasteiger charge is 2.80. The van der Waals surface area contributed by atoms with Gasteiger partial charge < -0.3 is 42.8 Å². The van der Waals surface area contributed by atoms with Crippen LogP contribution in [0.15, 0.2) is 383 Å². The summed E-state index contributed by atoms with van der Waals surface area (Å²) in [6.07, 6.45) is 4.93. The van der Waals surface area contributed by atoms with E-state index in [1.54, 1.807) is 42.7 Å². The molecule has 0 spiro atoms. The maximum Gasteiger partial charge on any atom is 0.434 e. The lowest BCUT2D eigenvalue weighted by atomic mass is 9.49. The van der Waals surface area contributed by atoms with Gasteiger partial charge in [-0.2, -0.15) is 60.8 Å². The standard InChI is InChI=1S/2C21H21O3S.2C19H17S.C13H19F2NO3S.C6H6F7N2O7S3/c2*1-22-16-4-10-19(11-5-16)25(20-12-6-17(23-2)7-13-20)21-14-8-18(24-3)9-15-21;2*1-16-12-14-19(15-13-16)20(17-8-4-2-5-9-17)18-10-6-3-7-11-18;1-12(14,15)20(18,19)16-11(17)13-5-8-2-9(6-13)4-10(3-8)7-13;1-23(17,18)15-25(21,22)6(12,13)4(8,9)5(10,11)24(19,20)14-3(16)2-7/h2*4-15H,1-3H3;2*2-15H,1H3;8-10H,2-7H2,1H3,(H,16,17);2H2,1H3,(H,14,16)/q4*+1;;-1/p-2. The summed E-state index contributed by atoms with van der Waals surface area (Å²) in [7, 11) is -15.2. The average molecular weight is 2010 g/mol. The van der Waals surface area contributed by atoms with Crippen LogP contribution in [0.4, 0.5) is 39.5 Å². The third-order valence-corrected chi connectivity index (χ3v) is 35.7. The molecular formula is C99H99F9N3O16S8+. The van der Waals surface area contributed by atoms with E-state index in [0.717, 1.165) is 53.8 Å². The highest BCUT2D eigenvalue weighted by molar-refractivity contribution is 8.12. The predicted octanol–water partition coefficient (Wildman–Crippen LogP) is 21.2. The van der Waals surface area contributed by atoms with Crippen LogP contribution in [-0.4, -0.2) is 123 Å². The number of benzene rings is 12. The van der Waals surface area contributed by atoms with Gasteiger partial charge in [0.25, 0.3) is 0 Å². The summed E-state index contributed by atoms with van der Waals surface area (Å²) in [6, 6.07) is 110. The maximum atomic E-state index is 13.3. The van der Waals surface area contributed by atoms with Crippen molar-refractivity contribution in [2.24, 2.45) is 32.0 Å². The van der Waals surface area contributed by atoms with E-state index in [-0.39, 0.29) is 56.8 Å². The molecule has 0 atom stereocenters. The van der Waals surface area contributed by atoms with Crippen LogP contribution in [-0.2, 0) is 83.7 Å². The zero-order chi connectivity index (χ0) is 98.3. The van der Waals surface area contributed by atoms with Gasteiger partial charge in [0.1, 0.15) is 41.2 Å². The van der Waals surface area contributed by atoms with Gasteiger partial charge in [0, 0.05) is 24.5 Å². The average Bonchev–Trinajstić information content (AvgIpc) is 0.720. The monoisotopic (exact) mass is 2010 g/mol. The van der Waals surface area contributed by atoms with E-state index in [2.05, 4.69) is 261 Å². The number of aryl methyl sites for hydroxylation is 2. The molecule has 4 bridgehead atoms. The van der Waals surface area contributed by atoms with E-state index >= 15 is 0 Å². The van der Waals surface area contributed by atoms with Crippen LogP contribution < -0.4 is 38.6 Å². The van der Waals surface area contributed by atoms with Crippen molar-refractivity contribution in [1.82, 2.24) is 0 Å². The molecule has 0 aromatic heterocycles. The number of nitrogens with zero attached hydrogens (tertiary/aromatic N) is 3. The number of alkyl halides is 9. The molecule has 0 unspecified atom stereocenters. The first-order chi connectivity index (χ1) is 64.0. The second kappa shape index (κ2) is 46.6. The van der Waals surface area contributed by atoms with Gasteiger partial charge in [-0.15, -0.1) is 0 Å². The lowest BCUT2D eigenvalue weighted by Crippen LogP contribution is -2.60. The van der Waals surface area contributed by atoms with Gasteiger partial charge in [0.15, 0.2) is 68.8 Å². The lowest BCUT2D eigenvalue weighted by molar-refractivity contribution is -0.243. The molecule has 0 aliphatic heterocycles. The number of halogens is 9. The van der Waals surface area contributed by atoms with Gasteiger partial charge in [-0.05, 0) is 294 Å². The Kier molecular flexibility index (Phi) is 36.6. The molecular weight excluding hydrogens is 1910 g/mol. The SMILES string of the molecule is CC(F)(F)S(=O)(=O)N=C([O-])C12CC3CC(CC(C3)C1)C2.COc1ccc([S+](c2ccc(OC)cc2)c2ccc(OC)cc2)cc1.COc1ccc([S+](c2ccc(OC)cc2)c2ccc(OC)cc2)cc1.CS(=O)(=O)[N-]S(=O)(=O)C(F)(F)C(F)(F)C(F)(F)S(=O)(=O)N=C([O-])CF.Cc1ccc([S+](c2ccccc2)c2ccccc2)cc1.Cc1ccc([S+](c2ccccc2)c2ccccc2)cc1. The number of methoxy groups -OCH3 is 6. The van der Waals surface area contributed by atoms with Gasteiger partial charge in [0.05, 0.1) is 96.3 Å². The molecule has 4 aliphatic rings. The summed E-state index contributed by atoms with van der Waals surface area (Å²) in [6.45, 7) is 2.14. The van der Waals surface area contributed by atoms with Crippen LogP contribution in [0.5, 0.6) is 34.5 Å². The van der Waals surface area contributed by atoms with Crippen molar-refractivity contribution in [3.8, 4) is 34.5 Å². The van der Waals surface area contributed by atoms with Gasteiger partial charge >= 0.3 is 41.7 Å². The Hall–Kier alpha value is -11.1. The molecule has 4 saturated carbocycles. The molecule has 12 aromatic carbocycles. The largest absolute Gasteiger partial charge is 0.861 e. The van der Waals surface area contributed by atoms with Crippen molar-refractivity contribution in [2.75, 3.05) is 55.6 Å². The van der Waals surface area contributed by atoms with Crippen LogP contribution in [0.1, 0.15) is 56.6 Å². The summed E-state index contributed by atoms with van der Waals surface area (Å²) >= 11 is 0. The van der Waals surface area contributed by atoms with E-state index in [4.69, 9.17) is 28.4 Å². The van der Waals surface area contributed by atoms with Gasteiger partial charge in [-0.1, -0.05) is 108 Å². The first-order valence-electron chi connectivity index (χ1n) is 41.4. The molecule has 135 heavy (non-hydrogen) atoms. The smallest absolute Gasteiger partial charge is 0.434 e. The van der Waals surface area contributed by atoms with Gasteiger partial charge in [0.2, 0.25) is 0 Å². The third-order valence-electron chi connectivity index (χ3n) is 21.3. The fourth-order valence-electron chi connectivity index (χ4n) is 15.1. The van der Waals surface area contributed by atoms with E-state index in [0.29, 0.717) is 37.0 Å². The molecule has 19 nitrogen and oxygen atoms in total.